The van der Waals surface area contributed by atoms with Gasteiger partial charge >= 0.3 is 5.89 Å². The van der Waals surface area contributed by atoms with E-state index in [1.54, 1.807) is 0 Å². The highest BCUT2D eigenvalue weighted by atomic mass is 35.5. The molecule has 0 saturated heterocycles. The lowest BCUT2D eigenvalue weighted by Crippen LogP contribution is -3.00. The van der Waals surface area contributed by atoms with E-state index in [-0.39, 0.29) is 19.0 Å². The molecular weight excluding hydrogens is 214 g/mol. The van der Waals surface area contributed by atoms with Crippen LogP contribution in [0.15, 0.2) is 28.7 Å². The summed E-state index contributed by atoms with van der Waals surface area (Å²) in [4.78, 5) is 0. The highest BCUT2D eigenvalue weighted by molar-refractivity contribution is 5.68. The number of benzene rings is 1. The summed E-state index contributed by atoms with van der Waals surface area (Å²) in [6.45, 7) is 2.96. The normalized spacial score (nSPS) is 10.3. The molecule has 0 saturated carbocycles. The van der Waals surface area contributed by atoms with Crippen molar-refractivity contribution in [2.24, 2.45) is 0 Å². The van der Waals surface area contributed by atoms with Crippen LogP contribution in [-0.2, 0) is 6.54 Å². The first-order valence-corrected chi connectivity index (χ1v) is 4.82. The van der Waals surface area contributed by atoms with E-state index in [2.05, 4.69) is 4.57 Å². The summed E-state index contributed by atoms with van der Waals surface area (Å²) < 4.78 is 7.67. The molecule has 0 aliphatic heterocycles. The lowest BCUT2D eigenvalue weighted by atomic mass is 10.3. The van der Waals surface area contributed by atoms with Crippen LogP contribution in [-0.4, -0.2) is 11.7 Å². The van der Waals surface area contributed by atoms with Crippen LogP contribution in [0.4, 0.5) is 0 Å². The van der Waals surface area contributed by atoms with Crippen molar-refractivity contribution < 1.29 is 26.5 Å². The molecule has 3 nitrogen and oxygen atoms in total. The number of aliphatic hydroxyl groups is 1. The van der Waals surface area contributed by atoms with Crippen LogP contribution in [0, 0.1) is 6.92 Å². The molecule has 1 N–H and O–H groups in total. The fourth-order valence-corrected chi connectivity index (χ4v) is 1.66. The van der Waals surface area contributed by atoms with Gasteiger partial charge in [0, 0.05) is 19.1 Å². The Morgan fingerprint density at radius 3 is 2.80 bits per heavy atom. The molecule has 0 aliphatic rings. The van der Waals surface area contributed by atoms with E-state index in [1.807, 2.05) is 31.2 Å². The molecule has 1 heterocycles. The van der Waals surface area contributed by atoms with E-state index in [4.69, 9.17) is 9.52 Å². The Balaban J connectivity index is 0.00000112. The second kappa shape index (κ2) is 5.14. The van der Waals surface area contributed by atoms with Crippen molar-refractivity contribution in [2.45, 2.75) is 19.9 Å². The van der Waals surface area contributed by atoms with E-state index in [0.29, 0.717) is 0 Å². The van der Waals surface area contributed by atoms with Gasteiger partial charge in [-0.15, -0.1) is 0 Å². The maximum Gasteiger partial charge on any atom is 0.344 e. The summed E-state index contributed by atoms with van der Waals surface area (Å²) in [7, 11) is 0. The number of oxazole rings is 1. The quantitative estimate of drug-likeness (QED) is 0.643. The van der Waals surface area contributed by atoms with Gasteiger partial charge in [0.05, 0.1) is 6.92 Å². The number of fused-ring (bicyclic) bond motifs is 1. The summed E-state index contributed by atoms with van der Waals surface area (Å²) in [6, 6.07) is 7.94. The number of nitrogens with zero attached hydrogens (tertiary/aromatic N) is 1. The average molecular weight is 228 g/mol. The molecule has 0 fully saturated rings. The fraction of sp³-hybridized carbons (Fsp3) is 0.364. The van der Waals surface area contributed by atoms with Gasteiger partial charge < -0.3 is 21.9 Å². The largest absolute Gasteiger partial charge is 1.00 e. The second-order valence-corrected chi connectivity index (χ2v) is 3.32. The molecule has 2 rings (SSSR count). The third-order valence-electron chi connectivity index (χ3n) is 2.33. The molecule has 1 aromatic heterocycles. The standard InChI is InChI=1S/C11H14NO2.ClH/c1-9-12(7-4-8-13)10-5-2-3-6-11(10)14-9;/h2-3,5-6,13H,4,7-8H2,1H3;1H/q+1;/p-1. The predicted octanol–water partition coefficient (Wildman–Crippen LogP) is -1.58. The van der Waals surface area contributed by atoms with Crippen LogP contribution in [0.1, 0.15) is 12.3 Å². The third kappa shape index (κ3) is 2.30. The topological polar surface area (TPSA) is 37.2 Å². The van der Waals surface area contributed by atoms with Gasteiger partial charge in [-0.1, -0.05) is 12.1 Å². The Bertz CT molecular complexity index is 439. The van der Waals surface area contributed by atoms with Gasteiger partial charge in [-0.05, 0) is 6.07 Å². The Hall–Kier alpha value is -1.06. The summed E-state index contributed by atoms with van der Waals surface area (Å²) in [5.41, 5.74) is 2.00. The molecule has 4 heteroatoms. The monoisotopic (exact) mass is 227 g/mol. The smallest absolute Gasteiger partial charge is 0.344 e. The zero-order valence-electron chi connectivity index (χ0n) is 8.61. The second-order valence-electron chi connectivity index (χ2n) is 3.32. The first kappa shape index (κ1) is 12.0. The minimum absolute atomic E-state index is 0. The highest BCUT2D eigenvalue weighted by Crippen LogP contribution is 2.12. The number of para-hydroxylation sites is 2. The van der Waals surface area contributed by atoms with Gasteiger partial charge in [-0.25, -0.2) is 0 Å². The van der Waals surface area contributed by atoms with Crippen molar-refractivity contribution in [1.29, 1.82) is 0 Å². The minimum atomic E-state index is 0. The van der Waals surface area contributed by atoms with Crippen molar-refractivity contribution in [2.75, 3.05) is 6.61 Å². The Morgan fingerprint density at radius 1 is 1.33 bits per heavy atom. The van der Waals surface area contributed by atoms with Gasteiger partial charge in [-0.2, -0.15) is 4.57 Å². The summed E-state index contributed by atoms with van der Waals surface area (Å²) >= 11 is 0. The van der Waals surface area contributed by atoms with E-state index in [9.17, 15) is 0 Å². The number of aromatic nitrogens is 1. The maximum atomic E-state index is 8.78. The van der Waals surface area contributed by atoms with Crippen molar-refractivity contribution in [3.8, 4) is 0 Å². The van der Waals surface area contributed by atoms with Gasteiger partial charge in [0.15, 0.2) is 6.54 Å². The van der Waals surface area contributed by atoms with Crippen LogP contribution in [0.25, 0.3) is 11.1 Å². The fourth-order valence-electron chi connectivity index (χ4n) is 1.66. The van der Waals surface area contributed by atoms with Crippen LogP contribution in [0.2, 0.25) is 0 Å². The lowest BCUT2D eigenvalue weighted by Gasteiger charge is -1.91. The molecule has 2 aromatic rings. The first-order chi connectivity index (χ1) is 6.83. The molecule has 0 bridgehead atoms. The van der Waals surface area contributed by atoms with Crippen molar-refractivity contribution in [3.63, 3.8) is 0 Å². The predicted molar refractivity (Wildman–Crippen MR) is 52.8 cm³/mol. The Kier molecular flexibility index (Phi) is 4.12. The SMILES string of the molecule is Cc1oc2ccccc2[n+]1CCCO.[Cl-]. The zero-order chi connectivity index (χ0) is 9.97. The lowest BCUT2D eigenvalue weighted by molar-refractivity contribution is -0.683. The van der Waals surface area contributed by atoms with E-state index in [1.165, 1.54) is 0 Å². The number of aliphatic hydroxyl groups excluding tert-OH is 1. The number of halogens is 1. The Labute approximate surface area is 94.7 Å². The highest BCUT2D eigenvalue weighted by Gasteiger charge is 2.16. The summed E-state index contributed by atoms with van der Waals surface area (Å²) in [5, 5.41) is 8.78. The van der Waals surface area contributed by atoms with Crippen molar-refractivity contribution in [1.82, 2.24) is 0 Å². The van der Waals surface area contributed by atoms with E-state index >= 15 is 0 Å². The maximum absolute atomic E-state index is 8.78. The number of hydrogen-bond acceptors (Lipinski definition) is 2. The van der Waals surface area contributed by atoms with Gasteiger partial charge in [0.1, 0.15) is 0 Å². The number of hydrogen-bond donors (Lipinski definition) is 1. The van der Waals surface area contributed by atoms with E-state index in [0.717, 1.165) is 30.0 Å². The molecule has 82 valence electrons. The summed E-state index contributed by atoms with van der Waals surface area (Å²) in [6.07, 6.45) is 0.759. The zero-order valence-corrected chi connectivity index (χ0v) is 9.37. The molecule has 0 radical (unpaired) electrons. The van der Waals surface area contributed by atoms with Gasteiger partial charge in [0.25, 0.3) is 5.52 Å². The minimum Gasteiger partial charge on any atom is -1.00 e. The van der Waals surface area contributed by atoms with Crippen LogP contribution >= 0.6 is 0 Å². The molecule has 0 spiro atoms. The Morgan fingerprint density at radius 2 is 2.07 bits per heavy atom. The van der Waals surface area contributed by atoms with Crippen molar-refractivity contribution in [3.05, 3.63) is 30.2 Å². The molecule has 0 aliphatic carbocycles. The molecule has 0 unspecified atom stereocenters. The van der Waals surface area contributed by atoms with Crippen LogP contribution < -0.4 is 17.0 Å². The molecule has 0 amide bonds. The molecular formula is C11H14ClNO2. The number of rotatable bonds is 3. The molecule has 15 heavy (non-hydrogen) atoms. The molecule has 0 atom stereocenters. The number of aryl methyl sites for hydroxylation is 2. The average Bonchev–Trinajstić information content (AvgIpc) is 2.51. The van der Waals surface area contributed by atoms with Crippen LogP contribution in [0.5, 0.6) is 0 Å². The van der Waals surface area contributed by atoms with Gasteiger partial charge in [0.2, 0.25) is 5.58 Å². The molecule has 1 aromatic carbocycles. The van der Waals surface area contributed by atoms with Crippen LogP contribution in [0.3, 0.4) is 0 Å². The van der Waals surface area contributed by atoms with Gasteiger partial charge in [-0.3, -0.25) is 0 Å². The third-order valence-corrected chi connectivity index (χ3v) is 2.33. The first-order valence-electron chi connectivity index (χ1n) is 4.82. The summed E-state index contributed by atoms with van der Waals surface area (Å²) in [5.74, 6) is 0.889. The van der Waals surface area contributed by atoms with Crippen molar-refractivity contribution >= 4 is 11.1 Å². The van der Waals surface area contributed by atoms with E-state index < -0.39 is 0 Å².